The molecule has 0 saturated carbocycles. The van der Waals surface area contributed by atoms with Gasteiger partial charge in [0.1, 0.15) is 35.4 Å². The molecular formula is C16H26Cl6O9. The summed E-state index contributed by atoms with van der Waals surface area (Å²) in [5, 5.41) is 72.0. The number of carbonyl (C=O) groups is 1. The Kier molecular flexibility index (Phi) is 15.5. The van der Waals surface area contributed by atoms with Crippen LogP contribution in [0.25, 0.3) is 0 Å². The molecule has 0 fully saturated rings. The quantitative estimate of drug-likeness (QED) is 0.125. The molecule has 0 aliphatic heterocycles. The molecule has 0 heterocycles. The van der Waals surface area contributed by atoms with Crippen molar-refractivity contribution >= 4 is 75.6 Å². The molecule has 15 heteroatoms. The molecule has 0 bridgehead atoms. The Morgan fingerprint density at radius 3 is 1.48 bits per heavy atom. The summed E-state index contributed by atoms with van der Waals surface area (Å²) in [5.41, 5.74) is -1.45. The van der Waals surface area contributed by atoms with Gasteiger partial charge in [-0.1, -0.05) is 11.6 Å². The summed E-state index contributed by atoms with van der Waals surface area (Å²) in [6.45, 7) is 0. The van der Waals surface area contributed by atoms with Crippen LogP contribution >= 0.6 is 69.6 Å². The first-order valence-corrected chi connectivity index (χ1v) is 11.6. The van der Waals surface area contributed by atoms with E-state index in [2.05, 4.69) is 0 Å². The average Bonchev–Trinajstić information content (AvgIpc) is 2.72. The van der Waals surface area contributed by atoms with Gasteiger partial charge in [-0.15, -0.1) is 58.0 Å². The highest BCUT2D eigenvalue weighted by Gasteiger charge is 2.39. The maximum absolute atomic E-state index is 10.8. The monoisotopic (exact) mass is 572 g/mol. The number of rotatable bonds is 15. The molecular weight excluding hydrogens is 549 g/mol. The van der Waals surface area contributed by atoms with E-state index in [0.29, 0.717) is 0 Å². The van der Waals surface area contributed by atoms with Crippen LogP contribution in [0.1, 0.15) is 19.3 Å². The number of carboxylic acid groups (broad SMARTS) is 1. The van der Waals surface area contributed by atoms with Crippen molar-refractivity contribution in [3.05, 3.63) is 0 Å². The largest absolute Gasteiger partial charge is 0.480 e. The van der Waals surface area contributed by atoms with E-state index in [-0.39, 0.29) is 12.8 Å². The molecule has 0 radical (unpaired) electrons. The van der Waals surface area contributed by atoms with Gasteiger partial charge in [0.15, 0.2) is 0 Å². The maximum Gasteiger partial charge on any atom is 0.323 e. The van der Waals surface area contributed by atoms with Gasteiger partial charge in [0.05, 0.1) is 33.7 Å². The second-order valence-corrected chi connectivity index (χ2v) is 9.99. The highest BCUT2D eigenvalue weighted by atomic mass is 35.5. The van der Waals surface area contributed by atoms with Crippen LogP contribution in [-0.4, -0.2) is 116 Å². The van der Waals surface area contributed by atoms with Crippen LogP contribution in [0.5, 0.6) is 0 Å². The van der Waals surface area contributed by atoms with E-state index in [1.807, 2.05) is 0 Å². The molecule has 0 aliphatic rings. The smallest absolute Gasteiger partial charge is 0.323 e. The molecule has 0 saturated heterocycles. The first kappa shape index (κ1) is 31.9. The minimum absolute atomic E-state index is 0.0278. The van der Waals surface area contributed by atoms with Gasteiger partial charge < -0.3 is 40.9 Å². The van der Waals surface area contributed by atoms with Crippen molar-refractivity contribution in [2.24, 2.45) is 0 Å². The summed E-state index contributed by atoms with van der Waals surface area (Å²) in [6, 6.07) is 0. The topological polar surface area (TPSA) is 179 Å². The Morgan fingerprint density at radius 1 is 0.613 bits per heavy atom. The van der Waals surface area contributed by atoms with Gasteiger partial charge in [-0.3, -0.25) is 4.79 Å². The average molecular weight is 575 g/mol. The molecule has 0 rings (SSSR count). The Balaban J connectivity index is 4.80. The molecule has 0 aliphatic carbocycles. The molecule has 0 aromatic rings. The van der Waals surface area contributed by atoms with Crippen LogP contribution in [0.15, 0.2) is 0 Å². The van der Waals surface area contributed by atoms with E-state index in [1.54, 1.807) is 0 Å². The molecule has 9 nitrogen and oxygen atoms in total. The Labute approximate surface area is 209 Å². The third-order valence-electron chi connectivity index (χ3n) is 4.51. The zero-order valence-corrected chi connectivity index (χ0v) is 20.3. The molecule has 0 amide bonds. The van der Waals surface area contributed by atoms with Crippen molar-refractivity contribution in [1.29, 1.82) is 0 Å². The molecule has 12 unspecified atom stereocenters. The normalized spacial score (nSPS) is 24.0. The summed E-state index contributed by atoms with van der Waals surface area (Å²) in [5.74, 6) is -1.45. The predicted molar refractivity (Wildman–Crippen MR) is 118 cm³/mol. The van der Waals surface area contributed by atoms with Crippen LogP contribution in [0.3, 0.4) is 0 Å². The lowest BCUT2D eigenvalue weighted by Gasteiger charge is -2.32. The number of halogens is 6. The van der Waals surface area contributed by atoms with Gasteiger partial charge >= 0.3 is 5.97 Å². The number of hydrogen-bond acceptors (Lipinski definition) is 8. The molecule has 186 valence electrons. The van der Waals surface area contributed by atoms with Crippen LogP contribution in [0.2, 0.25) is 0 Å². The van der Waals surface area contributed by atoms with Gasteiger partial charge in [0.2, 0.25) is 0 Å². The third-order valence-corrected chi connectivity index (χ3v) is 7.80. The van der Waals surface area contributed by atoms with Crippen molar-refractivity contribution in [2.75, 3.05) is 0 Å². The van der Waals surface area contributed by atoms with Gasteiger partial charge in [-0.05, 0) is 19.3 Å². The standard InChI is InChI=1S/C16H26Cl6O9/c17-4(9(20)15(22)29)1-2-6(23)11(25)13(27)14(28)12(26)7(24)3-5(18)8(19)10(21)16(30)31/h4-15,23-29H,1-3H2,(H,30,31). The van der Waals surface area contributed by atoms with Crippen LogP contribution in [0.4, 0.5) is 0 Å². The number of carboxylic acids is 1. The van der Waals surface area contributed by atoms with Crippen molar-refractivity contribution in [3.63, 3.8) is 0 Å². The van der Waals surface area contributed by atoms with E-state index in [0.717, 1.165) is 0 Å². The third kappa shape index (κ3) is 10.4. The number of aliphatic hydroxyl groups excluding tert-OH is 7. The molecule has 12 atom stereocenters. The van der Waals surface area contributed by atoms with Crippen LogP contribution < -0.4 is 0 Å². The Hall–Kier alpha value is 0.930. The van der Waals surface area contributed by atoms with Crippen LogP contribution in [0, 0.1) is 0 Å². The summed E-state index contributed by atoms with van der Waals surface area (Å²) in [6.07, 6.45) is -12.4. The van der Waals surface area contributed by atoms with Crippen molar-refractivity contribution in [3.8, 4) is 0 Å². The lowest BCUT2D eigenvalue weighted by atomic mass is 9.92. The fraction of sp³-hybridized carbons (Fsp3) is 0.938. The number of alkyl halides is 6. The second kappa shape index (κ2) is 15.0. The summed E-state index contributed by atoms with van der Waals surface area (Å²) < 4.78 is 0. The Morgan fingerprint density at radius 2 is 1.06 bits per heavy atom. The zero-order valence-electron chi connectivity index (χ0n) is 15.8. The van der Waals surface area contributed by atoms with E-state index in [1.165, 1.54) is 0 Å². The molecule has 0 aromatic carbocycles. The fourth-order valence-corrected chi connectivity index (χ4v) is 3.94. The summed E-state index contributed by atoms with van der Waals surface area (Å²) >= 11 is 34.3. The number of aliphatic hydroxyl groups is 7. The maximum atomic E-state index is 10.8. The fourth-order valence-electron chi connectivity index (χ4n) is 2.51. The molecule has 0 aromatic heterocycles. The highest BCUT2D eigenvalue weighted by Crippen LogP contribution is 2.26. The van der Waals surface area contributed by atoms with Crippen molar-refractivity contribution < 1.29 is 45.6 Å². The van der Waals surface area contributed by atoms with E-state index in [4.69, 9.17) is 79.8 Å². The highest BCUT2D eigenvalue weighted by molar-refractivity contribution is 6.39. The summed E-state index contributed by atoms with van der Waals surface area (Å²) in [4.78, 5) is 10.8. The van der Waals surface area contributed by atoms with Crippen molar-refractivity contribution in [2.45, 2.75) is 88.3 Å². The SMILES string of the molecule is O=C(O)C(Cl)C(Cl)C(Cl)CC(O)C(O)C(O)C(O)C(O)C(O)CCC(Cl)C(Cl)C(O)Cl. The van der Waals surface area contributed by atoms with Crippen molar-refractivity contribution in [1.82, 2.24) is 0 Å². The van der Waals surface area contributed by atoms with Gasteiger partial charge in [-0.2, -0.15) is 0 Å². The van der Waals surface area contributed by atoms with E-state index >= 15 is 0 Å². The summed E-state index contributed by atoms with van der Waals surface area (Å²) in [7, 11) is 0. The second-order valence-electron chi connectivity index (χ2n) is 6.94. The van der Waals surface area contributed by atoms with Crippen LogP contribution in [-0.2, 0) is 4.79 Å². The molecule has 8 N–H and O–H groups in total. The van der Waals surface area contributed by atoms with Gasteiger partial charge in [-0.25, -0.2) is 0 Å². The number of aliphatic carboxylic acids is 1. The lowest BCUT2D eigenvalue weighted by molar-refractivity contribution is -0.154. The zero-order chi connectivity index (χ0) is 24.6. The Bertz CT molecular complexity index is 534. The van der Waals surface area contributed by atoms with Gasteiger partial charge in [0.25, 0.3) is 0 Å². The van der Waals surface area contributed by atoms with E-state index in [9.17, 15) is 35.4 Å². The minimum Gasteiger partial charge on any atom is -0.480 e. The molecule has 0 spiro atoms. The predicted octanol–water partition coefficient (Wildman–Crippen LogP) is 0.000900. The minimum atomic E-state index is -2.12. The first-order valence-electron chi connectivity index (χ1n) is 8.97. The molecule has 31 heavy (non-hydrogen) atoms. The van der Waals surface area contributed by atoms with Gasteiger partial charge in [0, 0.05) is 0 Å². The van der Waals surface area contributed by atoms with E-state index < -0.39 is 81.5 Å². The first-order chi connectivity index (χ1) is 14.1. The lowest BCUT2D eigenvalue weighted by Crippen LogP contribution is -2.52. The number of hydrogen-bond donors (Lipinski definition) is 8.